The summed E-state index contributed by atoms with van der Waals surface area (Å²) in [5.74, 6) is -0.947. The van der Waals surface area contributed by atoms with Gasteiger partial charge in [0.25, 0.3) is 5.91 Å². The van der Waals surface area contributed by atoms with Gasteiger partial charge in [0.05, 0.1) is 16.8 Å². The molecule has 0 bridgehead atoms. The van der Waals surface area contributed by atoms with Crippen molar-refractivity contribution in [3.8, 4) is 11.3 Å². The second-order valence-electron chi connectivity index (χ2n) is 11.7. The van der Waals surface area contributed by atoms with Crippen molar-refractivity contribution in [3.63, 3.8) is 0 Å². The maximum atomic E-state index is 14.8. The van der Waals surface area contributed by atoms with Crippen molar-refractivity contribution in [1.29, 1.82) is 0 Å². The van der Waals surface area contributed by atoms with E-state index in [-0.39, 0.29) is 17.5 Å². The van der Waals surface area contributed by atoms with E-state index in [1.165, 1.54) is 36.0 Å². The molecule has 41 heavy (non-hydrogen) atoms. The maximum Gasteiger partial charge on any atom is 0.337 e. The molecule has 1 fully saturated rings. The lowest BCUT2D eigenvalue weighted by molar-refractivity contribution is 0.0566. The number of nitrogens with zero attached hydrogens (tertiary/aromatic N) is 3. The normalized spacial score (nSPS) is 19.1. The smallest absolute Gasteiger partial charge is 0.337 e. The molecule has 210 valence electrons. The lowest BCUT2D eigenvalue weighted by Crippen LogP contribution is -2.51. The minimum absolute atomic E-state index is 0.0210. The van der Waals surface area contributed by atoms with Crippen molar-refractivity contribution in [3.05, 3.63) is 100 Å². The van der Waals surface area contributed by atoms with Crippen LogP contribution in [-0.4, -0.2) is 63.4 Å². The van der Waals surface area contributed by atoms with Gasteiger partial charge in [-0.1, -0.05) is 36.8 Å². The van der Waals surface area contributed by atoms with E-state index in [1.54, 1.807) is 6.07 Å². The highest BCUT2D eigenvalue weighted by Gasteiger charge is 2.34. The van der Waals surface area contributed by atoms with Crippen LogP contribution in [0, 0.1) is 0 Å². The molecule has 0 saturated carbocycles. The molecule has 0 aliphatic carbocycles. The number of hydrogen-bond acceptors (Lipinski definition) is 4. The summed E-state index contributed by atoms with van der Waals surface area (Å²) in [4.78, 5) is 31.6. The zero-order chi connectivity index (χ0) is 27.9. The first-order valence-electron chi connectivity index (χ1n) is 14.9. The Morgan fingerprint density at radius 2 is 1.68 bits per heavy atom. The van der Waals surface area contributed by atoms with Crippen LogP contribution in [0.4, 0.5) is 0 Å². The zero-order valence-electron chi connectivity index (χ0n) is 23.3. The Labute approximate surface area is 240 Å². The average molecular weight is 549 g/mol. The molecule has 2 aromatic carbocycles. The van der Waals surface area contributed by atoms with Gasteiger partial charge in [-0.15, -0.1) is 0 Å². The number of carboxylic acids is 1. The number of aromatic nitrogens is 1. The highest BCUT2D eigenvalue weighted by atomic mass is 16.4. The Bertz CT molecular complexity index is 1630. The summed E-state index contributed by atoms with van der Waals surface area (Å²) < 4.78 is 1.92. The van der Waals surface area contributed by atoms with Crippen LogP contribution in [0.1, 0.15) is 62.2 Å². The van der Waals surface area contributed by atoms with Crippen LogP contribution >= 0.6 is 0 Å². The first-order chi connectivity index (χ1) is 20.1. The summed E-state index contributed by atoms with van der Waals surface area (Å²) in [5.41, 5.74) is 7.97. The van der Waals surface area contributed by atoms with Gasteiger partial charge >= 0.3 is 5.97 Å². The Balaban J connectivity index is 1.35. The number of carbonyl (C=O) groups is 2. The molecule has 1 atom stereocenters. The number of nitrogens with one attached hydrogen (secondary N) is 1. The van der Waals surface area contributed by atoms with Gasteiger partial charge in [0.2, 0.25) is 0 Å². The molecule has 2 aromatic heterocycles. The standard InChI is InChI=1S/C34H36N4O3/c39-33(38-21-25-9-3-2-8-23(25)16-27(38)22-36-13-5-1-6-14-36)29-18-26-20-35-12-11-24(26)17-28(29)32-19-30(34(40)41)31-10-4-7-15-37(31)32/h2-4,7-10,15,17-19,27,35H,1,5-6,11-14,16,20-22H2,(H,40,41)/t27-/m0/s1. The van der Waals surface area contributed by atoms with E-state index in [4.69, 9.17) is 0 Å². The second kappa shape index (κ2) is 10.8. The Morgan fingerprint density at radius 1 is 0.878 bits per heavy atom. The van der Waals surface area contributed by atoms with Gasteiger partial charge in [0, 0.05) is 43.0 Å². The number of likely N-dealkylation sites (tertiary alicyclic amines) is 1. The molecule has 0 spiro atoms. The highest BCUT2D eigenvalue weighted by molar-refractivity contribution is 6.04. The molecule has 4 aromatic rings. The van der Waals surface area contributed by atoms with Crippen molar-refractivity contribution in [1.82, 2.24) is 19.5 Å². The lowest BCUT2D eigenvalue weighted by Gasteiger charge is -2.41. The van der Waals surface area contributed by atoms with Gasteiger partial charge in [-0.25, -0.2) is 4.79 Å². The van der Waals surface area contributed by atoms with Gasteiger partial charge in [0.1, 0.15) is 0 Å². The van der Waals surface area contributed by atoms with Crippen LogP contribution in [0.2, 0.25) is 0 Å². The van der Waals surface area contributed by atoms with Crippen molar-refractivity contribution in [2.24, 2.45) is 0 Å². The topological polar surface area (TPSA) is 77.3 Å². The number of aromatic carboxylic acids is 1. The van der Waals surface area contributed by atoms with E-state index in [1.807, 2.05) is 28.8 Å². The van der Waals surface area contributed by atoms with Crippen LogP contribution in [0.5, 0.6) is 0 Å². The molecule has 3 aliphatic rings. The number of carbonyl (C=O) groups excluding carboxylic acids is 1. The first kappa shape index (κ1) is 26.0. The van der Waals surface area contributed by atoms with E-state index in [2.05, 4.69) is 51.5 Å². The van der Waals surface area contributed by atoms with E-state index in [0.29, 0.717) is 17.6 Å². The molecule has 7 rings (SSSR count). The number of fused-ring (bicyclic) bond motifs is 3. The maximum absolute atomic E-state index is 14.8. The fourth-order valence-corrected chi connectivity index (χ4v) is 7.04. The van der Waals surface area contributed by atoms with Crippen LogP contribution in [0.15, 0.2) is 66.9 Å². The third kappa shape index (κ3) is 4.83. The lowest BCUT2D eigenvalue weighted by atomic mass is 9.89. The fourth-order valence-electron chi connectivity index (χ4n) is 7.04. The quantitative estimate of drug-likeness (QED) is 0.367. The third-order valence-corrected chi connectivity index (χ3v) is 9.17. The molecule has 7 nitrogen and oxygen atoms in total. The summed E-state index contributed by atoms with van der Waals surface area (Å²) >= 11 is 0. The summed E-state index contributed by atoms with van der Waals surface area (Å²) in [6.45, 7) is 5.24. The molecule has 0 unspecified atom stereocenters. The van der Waals surface area contributed by atoms with Crippen molar-refractivity contribution >= 4 is 17.4 Å². The molecule has 2 N–H and O–H groups in total. The van der Waals surface area contributed by atoms with Crippen LogP contribution in [-0.2, 0) is 25.9 Å². The van der Waals surface area contributed by atoms with E-state index >= 15 is 0 Å². The predicted octanol–water partition coefficient (Wildman–Crippen LogP) is 5.00. The minimum atomic E-state index is -0.968. The van der Waals surface area contributed by atoms with E-state index in [0.717, 1.165) is 62.4 Å². The van der Waals surface area contributed by atoms with E-state index in [9.17, 15) is 14.7 Å². The molecule has 1 saturated heterocycles. The number of hydrogen-bond donors (Lipinski definition) is 2. The van der Waals surface area contributed by atoms with Crippen LogP contribution in [0.25, 0.3) is 16.8 Å². The third-order valence-electron chi connectivity index (χ3n) is 9.17. The molecule has 1 amide bonds. The SMILES string of the molecule is O=C(O)c1cc(-c2cc3c(cc2C(=O)N2Cc4ccccc4C[C@H]2CN2CCCCC2)CNCC3)n2ccccc12. The summed E-state index contributed by atoms with van der Waals surface area (Å²) in [6.07, 6.45) is 7.32. The molecular weight excluding hydrogens is 512 g/mol. The summed E-state index contributed by atoms with van der Waals surface area (Å²) in [7, 11) is 0. The van der Waals surface area contributed by atoms with Gasteiger partial charge in [-0.3, -0.25) is 4.79 Å². The number of pyridine rings is 1. The number of benzene rings is 2. The van der Waals surface area contributed by atoms with Crippen LogP contribution < -0.4 is 5.32 Å². The predicted molar refractivity (Wildman–Crippen MR) is 159 cm³/mol. The Hall–Kier alpha value is -3.94. The Morgan fingerprint density at radius 3 is 2.51 bits per heavy atom. The largest absolute Gasteiger partial charge is 0.478 e. The van der Waals surface area contributed by atoms with Gasteiger partial charge in [0.15, 0.2) is 0 Å². The highest BCUT2D eigenvalue weighted by Crippen LogP contribution is 2.35. The van der Waals surface area contributed by atoms with E-state index < -0.39 is 5.97 Å². The van der Waals surface area contributed by atoms with Crippen LogP contribution in [0.3, 0.4) is 0 Å². The molecular formula is C34H36N4O3. The first-order valence-corrected chi connectivity index (χ1v) is 14.9. The average Bonchev–Trinajstić information content (AvgIpc) is 3.40. The molecule has 0 radical (unpaired) electrons. The monoisotopic (exact) mass is 548 g/mol. The second-order valence-corrected chi connectivity index (χ2v) is 11.7. The number of carboxylic acid groups (broad SMARTS) is 1. The van der Waals surface area contributed by atoms with Crippen molar-refractivity contribution < 1.29 is 14.7 Å². The fraction of sp³-hybridized carbons (Fsp3) is 0.353. The van der Waals surface area contributed by atoms with Crippen molar-refractivity contribution in [2.75, 3.05) is 26.2 Å². The number of amides is 1. The minimum Gasteiger partial charge on any atom is -0.478 e. The van der Waals surface area contributed by atoms with Gasteiger partial charge in [-0.2, -0.15) is 0 Å². The number of rotatable bonds is 5. The summed E-state index contributed by atoms with van der Waals surface area (Å²) in [6, 6.07) is 20.1. The zero-order valence-corrected chi connectivity index (χ0v) is 23.3. The molecule has 3 aliphatic heterocycles. The Kier molecular flexibility index (Phi) is 6.85. The van der Waals surface area contributed by atoms with Gasteiger partial charge in [-0.05, 0) is 97.9 Å². The van der Waals surface area contributed by atoms with Gasteiger partial charge < -0.3 is 24.6 Å². The summed E-state index contributed by atoms with van der Waals surface area (Å²) in [5, 5.41) is 13.5. The molecule has 5 heterocycles. The van der Waals surface area contributed by atoms with Crippen molar-refractivity contribution in [2.45, 2.75) is 51.2 Å². The molecule has 7 heteroatoms. The number of piperidine rings is 1.